The molecule has 1 saturated carbocycles. The predicted octanol–water partition coefficient (Wildman–Crippen LogP) is 4.26. The third kappa shape index (κ3) is 4.99. The van der Waals surface area contributed by atoms with Crippen molar-refractivity contribution < 1.29 is 0 Å². The highest BCUT2D eigenvalue weighted by Gasteiger charge is 2.18. The molecule has 1 fully saturated rings. The molecule has 0 saturated heterocycles. The van der Waals surface area contributed by atoms with Crippen LogP contribution in [-0.4, -0.2) is 22.6 Å². The number of hydrogen-bond donors (Lipinski definition) is 1. The Morgan fingerprint density at radius 1 is 1.29 bits per heavy atom. The molecule has 118 valence electrons. The summed E-state index contributed by atoms with van der Waals surface area (Å²) in [6.07, 6.45) is 15.7. The fourth-order valence-electron chi connectivity index (χ4n) is 3.26. The van der Waals surface area contributed by atoms with Gasteiger partial charge in [0.05, 0.1) is 18.2 Å². The number of nitrogens with zero attached hydrogens (tertiary/aromatic N) is 2. The summed E-state index contributed by atoms with van der Waals surface area (Å²) in [4.78, 5) is 4.33. The van der Waals surface area contributed by atoms with Crippen LogP contribution in [0.2, 0.25) is 0 Å². The van der Waals surface area contributed by atoms with Gasteiger partial charge in [-0.1, -0.05) is 38.7 Å². The first-order valence-corrected chi connectivity index (χ1v) is 8.76. The van der Waals surface area contributed by atoms with Crippen LogP contribution in [0, 0.1) is 5.92 Å². The zero-order valence-corrected chi connectivity index (χ0v) is 13.8. The van der Waals surface area contributed by atoms with E-state index in [-0.39, 0.29) is 0 Å². The van der Waals surface area contributed by atoms with Crippen molar-refractivity contribution in [1.29, 1.82) is 0 Å². The molecule has 0 aromatic carbocycles. The number of aromatic nitrogens is 2. The second kappa shape index (κ2) is 9.04. The fraction of sp³-hybridized carbons (Fsp3) is 0.722. The number of rotatable bonds is 8. The molecule has 1 aliphatic rings. The topological polar surface area (TPSA) is 29.9 Å². The first kappa shape index (κ1) is 16.3. The highest BCUT2D eigenvalue weighted by Crippen LogP contribution is 2.30. The maximum atomic E-state index is 4.33. The normalized spacial score (nSPS) is 17.3. The van der Waals surface area contributed by atoms with Crippen LogP contribution < -0.4 is 5.32 Å². The molecule has 1 N–H and O–H groups in total. The molecule has 2 rings (SSSR count). The summed E-state index contributed by atoms with van der Waals surface area (Å²) < 4.78 is 2.28. The molecule has 1 heterocycles. The molecular weight excluding hydrogens is 258 g/mol. The van der Waals surface area contributed by atoms with Crippen LogP contribution in [0.15, 0.2) is 18.1 Å². The van der Waals surface area contributed by atoms with Gasteiger partial charge in [-0.05, 0) is 44.2 Å². The Morgan fingerprint density at radius 3 is 2.81 bits per heavy atom. The first-order chi connectivity index (χ1) is 10.3. The Bertz CT molecular complexity index is 427. The second-order valence-electron chi connectivity index (χ2n) is 6.24. The van der Waals surface area contributed by atoms with Gasteiger partial charge in [-0.3, -0.25) is 0 Å². The van der Waals surface area contributed by atoms with Gasteiger partial charge in [0.25, 0.3) is 0 Å². The van der Waals surface area contributed by atoms with Gasteiger partial charge in [0.2, 0.25) is 0 Å². The fourth-order valence-corrected chi connectivity index (χ4v) is 3.26. The van der Waals surface area contributed by atoms with E-state index in [4.69, 9.17) is 0 Å². The Labute approximate surface area is 129 Å². The van der Waals surface area contributed by atoms with Gasteiger partial charge < -0.3 is 9.88 Å². The molecule has 0 amide bonds. The van der Waals surface area contributed by atoms with E-state index in [1.807, 2.05) is 12.5 Å². The van der Waals surface area contributed by atoms with E-state index in [1.54, 1.807) is 5.57 Å². The Morgan fingerprint density at radius 2 is 2.10 bits per heavy atom. The number of aryl methyl sites for hydroxylation is 1. The molecule has 0 aliphatic heterocycles. The molecule has 1 aliphatic carbocycles. The summed E-state index contributed by atoms with van der Waals surface area (Å²) in [6.45, 7) is 7.66. The van der Waals surface area contributed by atoms with Crippen LogP contribution in [0.5, 0.6) is 0 Å². The minimum atomic E-state index is 0.771. The summed E-state index contributed by atoms with van der Waals surface area (Å²) in [5.41, 5.74) is 2.86. The van der Waals surface area contributed by atoms with Crippen LogP contribution >= 0.6 is 0 Å². The van der Waals surface area contributed by atoms with Crippen molar-refractivity contribution in [3.8, 4) is 0 Å². The molecule has 0 radical (unpaired) electrons. The van der Waals surface area contributed by atoms with E-state index in [1.165, 1.54) is 44.2 Å². The van der Waals surface area contributed by atoms with Crippen molar-refractivity contribution in [2.75, 3.05) is 13.1 Å². The van der Waals surface area contributed by atoms with Gasteiger partial charge in [0.15, 0.2) is 0 Å². The zero-order chi connectivity index (χ0) is 14.9. The van der Waals surface area contributed by atoms with Gasteiger partial charge >= 0.3 is 0 Å². The van der Waals surface area contributed by atoms with Gasteiger partial charge in [-0.25, -0.2) is 4.98 Å². The molecule has 1 aromatic rings. The summed E-state index contributed by atoms with van der Waals surface area (Å²) in [6, 6.07) is 0. The van der Waals surface area contributed by atoms with Gasteiger partial charge in [0.1, 0.15) is 0 Å². The lowest BCUT2D eigenvalue weighted by Gasteiger charge is -2.25. The van der Waals surface area contributed by atoms with Crippen molar-refractivity contribution >= 4 is 6.08 Å². The Kier molecular flexibility index (Phi) is 7.01. The Balaban J connectivity index is 2.11. The van der Waals surface area contributed by atoms with Crippen molar-refractivity contribution in [3.05, 3.63) is 23.8 Å². The second-order valence-corrected chi connectivity index (χ2v) is 6.24. The summed E-state index contributed by atoms with van der Waals surface area (Å²) in [5.74, 6) is 0.771. The summed E-state index contributed by atoms with van der Waals surface area (Å²) in [7, 11) is 0. The van der Waals surface area contributed by atoms with Crippen LogP contribution in [-0.2, 0) is 6.54 Å². The molecule has 1 aromatic heterocycles. The molecule has 3 heteroatoms. The lowest BCUT2D eigenvalue weighted by Crippen LogP contribution is -2.23. The third-order valence-corrected chi connectivity index (χ3v) is 4.43. The quantitative estimate of drug-likeness (QED) is 0.725. The smallest absolute Gasteiger partial charge is 0.0950 e. The van der Waals surface area contributed by atoms with Crippen molar-refractivity contribution in [1.82, 2.24) is 14.9 Å². The maximum Gasteiger partial charge on any atom is 0.0950 e. The van der Waals surface area contributed by atoms with E-state index in [0.29, 0.717) is 0 Å². The van der Waals surface area contributed by atoms with E-state index in [2.05, 4.69) is 34.8 Å². The minimum absolute atomic E-state index is 0.771. The van der Waals surface area contributed by atoms with E-state index in [9.17, 15) is 0 Å². The zero-order valence-electron chi connectivity index (χ0n) is 13.8. The predicted molar refractivity (Wildman–Crippen MR) is 90.2 cm³/mol. The number of nitrogens with one attached hydrogen (secondary N) is 1. The molecule has 0 spiro atoms. The Hall–Kier alpha value is -1.09. The first-order valence-electron chi connectivity index (χ1n) is 8.76. The van der Waals surface area contributed by atoms with Crippen molar-refractivity contribution in [3.63, 3.8) is 0 Å². The molecular formula is C18H31N3. The van der Waals surface area contributed by atoms with Crippen LogP contribution in [0.4, 0.5) is 0 Å². The third-order valence-electron chi connectivity index (χ3n) is 4.43. The van der Waals surface area contributed by atoms with Gasteiger partial charge in [-0.2, -0.15) is 0 Å². The van der Waals surface area contributed by atoms with Crippen molar-refractivity contribution in [2.24, 2.45) is 5.92 Å². The average Bonchev–Trinajstić information content (AvgIpc) is 2.95. The molecule has 0 atom stereocenters. The maximum absolute atomic E-state index is 4.33. The SMILES string of the molecule is CCCNCC(=Cc1cncn1CCC)C1CCCCC1. The largest absolute Gasteiger partial charge is 0.331 e. The lowest BCUT2D eigenvalue weighted by molar-refractivity contribution is 0.396. The van der Waals surface area contributed by atoms with Crippen LogP contribution in [0.3, 0.4) is 0 Å². The van der Waals surface area contributed by atoms with E-state index >= 15 is 0 Å². The minimum Gasteiger partial charge on any atom is -0.331 e. The summed E-state index contributed by atoms with van der Waals surface area (Å²) >= 11 is 0. The number of imidazole rings is 1. The molecule has 0 unspecified atom stereocenters. The molecule has 0 bridgehead atoms. The lowest BCUT2D eigenvalue weighted by atomic mass is 9.83. The highest BCUT2D eigenvalue weighted by atomic mass is 15.0. The van der Waals surface area contributed by atoms with E-state index in [0.717, 1.165) is 32.0 Å². The summed E-state index contributed by atoms with van der Waals surface area (Å²) in [5, 5.41) is 3.60. The molecule has 3 nitrogen and oxygen atoms in total. The van der Waals surface area contributed by atoms with Gasteiger partial charge in [-0.15, -0.1) is 0 Å². The monoisotopic (exact) mass is 289 g/mol. The van der Waals surface area contributed by atoms with Crippen molar-refractivity contribution in [2.45, 2.75) is 65.3 Å². The van der Waals surface area contributed by atoms with Crippen LogP contribution in [0.1, 0.15) is 64.5 Å². The molecule has 21 heavy (non-hydrogen) atoms. The standard InChI is InChI=1S/C18H31N3/c1-3-10-19-13-17(16-8-6-5-7-9-16)12-18-14-20-15-21(18)11-4-2/h12,14-16,19H,3-11,13H2,1-2H3. The average molecular weight is 289 g/mol. The van der Waals surface area contributed by atoms with E-state index < -0.39 is 0 Å². The highest BCUT2D eigenvalue weighted by molar-refractivity contribution is 5.50. The van der Waals surface area contributed by atoms with Gasteiger partial charge in [0, 0.05) is 13.1 Å². The van der Waals surface area contributed by atoms with Crippen LogP contribution in [0.25, 0.3) is 6.08 Å². The number of hydrogen-bond acceptors (Lipinski definition) is 2.